The molecule has 1 aliphatic carbocycles. The first kappa shape index (κ1) is 18.5. The van der Waals surface area contributed by atoms with Crippen molar-refractivity contribution in [2.45, 2.75) is 32.2 Å². The van der Waals surface area contributed by atoms with Gasteiger partial charge in [0.1, 0.15) is 0 Å². The Hall–Kier alpha value is -1.91. The largest absolute Gasteiger partial charge is 0.333 e. The topological polar surface area (TPSA) is 20.3 Å². The number of benzene rings is 1. The highest BCUT2D eigenvalue weighted by Crippen LogP contribution is 2.43. The van der Waals surface area contributed by atoms with E-state index in [0.29, 0.717) is 12.5 Å². The number of nitrogens with zero attached hydrogens (tertiary/aromatic N) is 1. The summed E-state index contributed by atoms with van der Waals surface area (Å²) in [7, 11) is 0. The second kappa shape index (κ2) is 7.99. The number of carbonyl (C=O) groups is 1. The molecule has 2 nitrogen and oxygen atoms in total. The van der Waals surface area contributed by atoms with Crippen molar-refractivity contribution in [3.63, 3.8) is 0 Å². The Morgan fingerprint density at radius 1 is 1.30 bits per heavy atom. The molecule has 2 aromatic rings. The summed E-state index contributed by atoms with van der Waals surface area (Å²) in [5, 5.41) is 0. The van der Waals surface area contributed by atoms with Crippen LogP contribution < -0.4 is 0 Å². The molecule has 2 aliphatic rings. The third-order valence-electron chi connectivity index (χ3n) is 5.33. The lowest BCUT2D eigenvalue weighted by atomic mass is 9.81. The van der Waals surface area contributed by atoms with Crippen LogP contribution >= 0.6 is 27.3 Å². The van der Waals surface area contributed by atoms with Crippen LogP contribution in [0.25, 0.3) is 6.08 Å². The quantitative estimate of drug-likeness (QED) is 0.512. The van der Waals surface area contributed by atoms with Crippen molar-refractivity contribution in [2.75, 3.05) is 6.54 Å². The van der Waals surface area contributed by atoms with Crippen LogP contribution in [0.1, 0.15) is 41.7 Å². The molecule has 1 aliphatic heterocycles. The molecule has 4 heteroatoms. The summed E-state index contributed by atoms with van der Waals surface area (Å²) in [6, 6.07) is 12.2. The van der Waals surface area contributed by atoms with E-state index in [1.54, 1.807) is 17.4 Å². The van der Waals surface area contributed by atoms with E-state index in [0.717, 1.165) is 28.7 Å². The second-order valence-corrected chi connectivity index (χ2v) is 9.61. The van der Waals surface area contributed by atoms with Gasteiger partial charge in [-0.05, 0) is 59.0 Å². The molecule has 4 rings (SSSR count). The highest BCUT2D eigenvalue weighted by Gasteiger charge is 2.32. The third-order valence-corrected chi connectivity index (χ3v) is 6.97. The second-order valence-electron chi connectivity index (χ2n) is 7.09. The molecule has 0 bridgehead atoms. The lowest BCUT2D eigenvalue weighted by Crippen LogP contribution is -2.37. The van der Waals surface area contributed by atoms with Crippen LogP contribution in [-0.4, -0.2) is 17.4 Å². The maximum absolute atomic E-state index is 12.9. The molecule has 0 fully saturated rings. The van der Waals surface area contributed by atoms with E-state index in [1.165, 1.54) is 21.6 Å². The minimum Gasteiger partial charge on any atom is -0.333 e. The van der Waals surface area contributed by atoms with E-state index in [2.05, 4.69) is 41.1 Å². The standard InChI is InChI=1S/C23H22BrNOS/c1-16-7-5-6-10-18(16)20-14-25(15-21-19(20)13-22(24)27-21)23(26)12-11-17-8-3-2-4-9-17/h2-5,7-9,11-13,20H,6,10,14-15H2,1H3/b12-11+/t20-/m0/s1. The Bertz CT molecular complexity index is 939. The molecule has 0 saturated heterocycles. The lowest BCUT2D eigenvalue weighted by Gasteiger charge is -2.35. The molecule has 138 valence electrons. The Labute approximate surface area is 173 Å². The van der Waals surface area contributed by atoms with Crippen molar-refractivity contribution in [2.24, 2.45) is 0 Å². The number of allylic oxidation sites excluding steroid dienone is 3. The Morgan fingerprint density at radius 3 is 2.89 bits per heavy atom. The summed E-state index contributed by atoms with van der Waals surface area (Å²) in [6.45, 7) is 3.65. The molecule has 1 atom stereocenters. The fourth-order valence-electron chi connectivity index (χ4n) is 3.94. The number of hydrogen-bond donors (Lipinski definition) is 0. The molecular formula is C23H22BrNOS. The minimum atomic E-state index is 0.0867. The van der Waals surface area contributed by atoms with E-state index < -0.39 is 0 Å². The number of hydrogen-bond acceptors (Lipinski definition) is 2. The molecule has 0 N–H and O–H groups in total. The van der Waals surface area contributed by atoms with Gasteiger partial charge in [-0.1, -0.05) is 53.6 Å². The van der Waals surface area contributed by atoms with E-state index in [1.807, 2.05) is 41.3 Å². The molecule has 2 heterocycles. The minimum absolute atomic E-state index is 0.0867. The summed E-state index contributed by atoms with van der Waals surface area (Å²) < 4.78 is 1.15. The average molecular weight is 440 g/mol. The van der Waals surface area contributed by atoms with E-state index >= 15 is 0 Å². The molecule has 0 spiro atoms. The molecule has 1 aromatic heterocycles. The fraction of sp³-hybridized carbons (Fsp3) is 0.261. The summed E-state index contributed by atoms with van der Waals surface area (Å²) in [4.78, 5) is 16.2. The molecule has 1 aromatic carbocycles. The van der Waals surface area contributed by atoms with Crippen molar-refractivity contribution < 1.29 is 4.79 Å². The predicted molar refractivity (Wildman–Crippen MR) is 117 cm³/mol. The number of halogens is 1. The molecule has 0 radical (unpaired) electrons. The Morgan fingerprint density at radius 2 is 2.11 bits per heavy atom. The number of thiophene rings is 1. The van der Waals surface area contributed by atoms with Gasteiger partial charge >= 0.3 is 0 Å². The van der Waals surface area contributed by atoms with E-state index in [4.69, 9.17) is 0 Å². The maximum atomic E-state index is 12.9. The fourth-order valence-corrected chi connectivity index (χ4v) is 5.73. The summed E-state index contributed by atoms with van der Waals surface area (Å²) in [5.41, 5.74) is 5.28. The van der Waals surface area contributed by atoms with Crippen LogP contribution in [0.2, 0.25) is 0 Å². The van der Waals surface area contributed by atoms with Gasteiger partial charge in [-0.15, -0.1) is 11.3 Å². The van der Waals surface area contributed by atoms with Gasteiger partial charge in [0, 0.05) is 23.4 Å². The lowest BCUT2D eigenvalue weighted by molar-refractivity contribution is -0.127. The number of carbonyl (C=O) groups excluding carboxylic acids is 1. The first-order valence-electron chi connectivity index (χ1n) is 9.28. The van der Waals surface area contributed by atoms with Crippen molar-refractivity contribution >= 4 is 39.2 Å². The maximum Gasteiger partial charge on any atom is 0.246 e. The van der Waals surface area contributed by atoms with Gasteiger partial charge < -0.3 is 4.90 Å². The van der Waals surface area contributed by atoms with E-state index in [9.17, 15) is 4.79 Å². The van der Waals surface area contributed by atoms with Gasteiger partial charge in [-0.3, -0.25) is 4.79 Å². The number of rotatable bonds is 3. The molecule has 27 heavy (non-hydrogen) atoms. The average Bonchev–Trinajstić information content (AvgIpc) is 3.07. The normalized spacial score (nSPS) is 19.6. The van der Waals surface area contributed by atoms with Gasteiger partial charge in [-0.2, -0.15) is 0 Å². The van der Waals surface area contributed by atoms with Crippen molar-refractivity contribution in [3.05, 3.63) is 85.6 Å². The van der Waals surface area contributed by atoms with Gasteiger partial charge in [0.2, 0.25) is 5.91 Å². The van der Waals surface area contributed by atoms with Crippen LogP contribution in [-0.2, 0) is 11.3 Å². The zero-order chi connectivity index (χ0) is 18.8. The SMILES string of the molecule is CC1=C([C@@H]2CN(C(=O)/C=C/c3ccccc3)Cc3sc(Br)cc32)CCC=C1. The smallest absolute Gasteiger partial charge is 0.246 e. The highest BCUT2D eigenvalue weighted by atomic mass is 79.9. The molecule has 0 unspecified atom stereocenters. The molecular weight excluding hydrogens is 418 g/mol. The number of fused-ring (bicyclic) bond motifs is 1. The zero-order valence-corrected chi connectivity index (χ0v) is 17.7. The Balaban J connectivity index is 1.61. The summed E-state index contributed by atoms with van der Waals surface area (Å²) in [6.07, 6.45) is 10.3. The van der Waals surface area contributed by atoms with Gasteiger partial charge in [0.15, 0.2) is 0 Å². The molecule has 0 saturated carbocycles. The van der Waals surface area contributed by atoms with Gasteiger partial charge in [0.05, 0.1) is 10.3 Å². The zero-order valence-electron chi connectivity index (χ0n) is 15.3. The third kappa shape index (κ3) is 4.02. The predicted octanol–water partition coefficient (Wildman–Crippen LogP) is 6.32. The first-order chi connectivity index (χ1) is 13.1. The highest BCUT2D eigenvalue weighted by molar-refractivity contribution is 9.11. The van der Waals surface area contributed by atoms with Crippen LogP contribution in [0.15, 0.2) is 69.6 Å². The van der Waals surface area contributed by atoms with Crippen molar-refractivity contribution in [1.82, 2.24) is 4.90 Å². The van der Waals surface area contributed by atoms with Gasteiger partial charge in [0.25, 0.3) is 0 Å². The summed E-state index contributed by atoms with van der Waals surface area (Å²) >= 11 is 5.40. The van der Waals surface area contributed by atoms with Crippen molar-refractivity contribution in [3.8, 4) is 0 Å². The Kier molecular flexibility index (Phi) is 5.46. The monoisotopic (exact) mass is 439 g/mol. The van der Waals surface area contributed by atoms with Crippen LogP contribution in [0.3, 0.4) is 0 Å². The van der Waals surface area contributed by atoms with Crippen LogP contribution in [0.4, 0.5) is 0 Å². The van der Waals surface area contributed by atoms with Gasteiger partial charge in [-0.25, -0.2) is 0 Å². The summed E-state index contributed by atoms with van der Waals surface area (Å²) in [5.74, 6) is 0.388. The van der Waals surface area contributed by atoms with Crippen LogP contribution in [0.5, 0.6) is 0 Å². The number of amides is 1. The first-order valence-corrected chi connectivity index (χ1v) is 10.9. The van der Waals surface area contributed by atoms with E-state index in [-0.39, 0.29) is 5.91 Å². The van der Waals surface area contributed by atoms with Crippen molar-refractivity contribution in [1.29, 1.82) is 0 Å². The molecule has 1 amide bonds. The van der Waals surface area contributed by atoms with Crippen LogP contribution in [0, 0.1) is 0 Å².